The Kier molecular flexibility index (Phi) is 20.0. The molecule has 0 rings (SSSR count). The molecule has 0 unspecified atom stereocenters. The van der Waals surface area contributed by atoms with Crippen LogP contribution in [0.15, 0.2) is 0 Å². The second-order valence-corrected chi connectivity index (χ2v) is 7.02. The third-order valence-corrected chi connectivity index (χ3v) is 2.59. The first-order valence-electron chi connectivity index (χ1n) is 8.74. The van der Waals surface area contributed by atoms with Gasteiger partial charge in [-0.25, -0.2) is 0 Å². The van der Waals surface area contributed by atoms with Crippen molar-refractivity contribution in [3.8, 4) is 0 Å². The Balaban J connectivity index is -0.000000339. The first-order valence-corrected chi connectivity index (χ1v) is 8.74. The van der Waals surface area contributed by atoms with Gasteiger partial charge >= 0.3 is 0 Å². The van der Waals surface area contributed by atoms with Crippen LogP contribution in [0.5, 0.6) is 0 Å². The number of hydrogen-bond donors (Lipinski definition) is 2. The van der Waals surface area contributed by atoms with Gasteiger partial charge in [-0.05, 0) is 51.6 Å². The Labute approximate surface area is 135 Å². The fraction of sp³-hybridized carbons (Fsp3) is 1.00. The molecule has 132 valence electrons. The van der Waals surface area contributed by atoms with Crippen molar-refractivity contribution in [2.45, 2.75) is 80.7 Å². The number of hydrogen-bond acceptors (Lipinski definition) is 3. The lowest BCUT2D eigenvalue weighted by atomic mass is 10.1. The Morgan fingerprint density at radius 1 is 1.00 bits per heavy atom. The molecule has 0 aliphatic rings. The van der Waals surface area contributed by atoms with E-state index in [1.54, 1.807) is 13.8 Å². The quantitative estimate of drug-likeness (QED) is 0.708. The van der Waals surface area contributed by atoms with Gasteiger partial charge in [-0.1, -0.05) is 48.5 Å². The van der Waals surface area contributed by atoms with E-state index >= 15 is 0 Å². The molecule has 0 saturated heterocycles. The van der Waals surface area contributed by atoms with E-state index in [-0.39, 0.29) is 6.61 Å². The SMILES string of the molecule is CC.CC(C)(N)CO.CCCN(CCC(C)C)CC(C)C. The molecule has 0 heterocycles. The van der Waals surface area contributed by atoms with E-state index in [1.807, 2.05) is 13.8 Å². The van der Waals surface area contributed by atoms with Gasteiger partial charge in [0.15, 0.2) is 0 Å². The maximum absolute atomic E-state index is 8.28. The van der Waals surface area contributed by atoms with Crippen molar-refractivity contribution in [3.63, 3.8) is 0 Å². The maximum atomic E-state index is 8.28. The third kappa shape index (κ3) is 28.7. The number of aliphatic hydroxyl groups excluding tert-OH is 1. The van der Waals surface area contributed by atoms with Crippen molar-refractivity contribution in [2.75, 3.05) is 26.2 Å². The zero-order chi connectivity index (χ0) is 17.5. The number of nitrogens with zero attached hydrogens (tertiary/aromatic N) is 1. The molecule has 0 spiro atoms. The monoisotopic (exact) mass is 304 g/mol. The van der Waals surface area contributed by atoms with Crippen molar-refractivity contribution in [2.24, 2.45) is 17.6 Å². The van der Waals surface area contributed by atoms with Crippen molar-refractivity contribution in [3.05, 3.63) is 0 Å². The minimum absolute atomic E-state index is 0.0486. The van der Waals surface area contributed by atoms with Crippen molar-refractivity contribution < 1.29 is 5.11 Å². The van der Waals surface area contributed by atoms with Gasteiger partial charge in [0.2, 0.25) is 0 Å². The van der Waals surface area contributed by atoms with Gasteiger partial charge in [-0.15, -0.1) is 0 Å². The molecule has 0 bridgehead atoms. The summed E-state index contributed by atoms with van der Waals surface area (Å²) in [6.07, 6.45) is 2.62. The molecular weight excluding hydrogens is 260 g/mol. The zero-order valence-corrected chi connectivity index (χ0v) is 16.4. The van der Waals surface area contributed by atoms with Crippen molar-refractivity contribution >= 4 is 0 Å². The van der Waals surface area contributed by atoms with E-state index < -0.39 is 5.54 Å². The highest BCUT2D eigenvalue weighted by molar-refractivity contribution is 4.67. The van der Waals surface area contributed by atoms with E-state index in [4.69, 9.17) is 10.8 Å². The highest BCUT2D eigenvalue weighted by Crippen LogP contribution is 2.05. The van der Waals surface area contributed by atoms with Crippen LogP contribution in [-0.4, -0.2) is 41.8 Å². The zero-order valence-electron chi connectivity index (χ0n) is 16.4. The number of nitrogens with two attached hydrogens (primary N) is 1. The highest BCUT2D eigenvalue weighted by Gasteiger charge is 2.06. The lowest BCUT2D eigenvalue weighted by Gasteiger charge is -2.24. The maximum Gasteiger partial charge on any atom is 0.0605 e. The van der Waals surface area contributed by atoms with Crippen LogP contribution >= 0.6 is 0 Å². The summed E-state index contributed by atoms with van der Waals surface area (Å²) in [6, 6.07) is 0. The average molecular weight is 305 g/mol. The Bertz CT molecular complexity index is 186. The second kappa shape index (κ2) is 16.3. The summed E-state index contributed by atoms with van der Waals surface area (Å²) < 4.78 is 0. The molecule has 0 aromatic rings. The van der Waals surface area contributed by atoms with Gasteiger partial charge in [0.1, 0.15) is 0 Å². The summed E-state index contributed by atoms with van der Waals surface area (Å²) in [6.45, 7) is 22.9. The molecule has 0 aliphatic carbocycles. The van der Waals surface area contributed by atoms with Gasteiger partial charge in [0, 0.05) is 12.1 Å². The molecule has 0 aromatic heterocycles. The normalized spacial score (nSPS) is 11.1. The fourth-order valence-electron chi connectivity index (χ4n) is 1.57. The summed E-state index contributed by atoms with van der Waals surface area (Å²) in [7, 11) is 0. The smallest absolute Gasteiger partial charge is 0.0605 e. The van der Waals surface area contributed by atoms with E-state index in [2.05, 4.69) is 39.5 Å². The average Bonchev–Trinajstić information content (AvgIpc) is 2.38. The molecule has 0 radical (unpaired) electrons. The second-order valence-electron chi connectivity index (χ2n) is 7.02. The van der Waals surface area contributed by atoms with E-state index in [9.17, 15) is 0 Å². The van der Waals surface area contributed by atoms with Crippen LogP contribution in [0, 0.1) is 11.8 Å². The third-order valence-electron chi connectivity index (χ3n) is 2.59. The van der Waals surface area contributed by atoms with Crippen molar-refractivity contribution in [1.82, 2.24) is 4.90 Å². The molecule has 3 heteroatoms. The van der Waals surface area contributed by atoms with Crippen LogP contribution in [0.1, 0.15) is 75.2 Å². The standard InChI is InChI=1S/C12H27N.C4H11NO.C2H6/c1-6-8-13(10-12(4)5)9-7-11(2)3;1-4(2,5)3-6;1-2/h11-12H,6-10H2,1-5H3;6H,3,5H2,1-2H3;1-2H3. The topological polar surface area (TPSA) is 49.5 Å². The summed E-state index contributed by atoms with van der Waals surface area (Å²) >= 11 is 0. The van der Waals surface area contributed by atoms with Gasteiger partial charge in [-0.2, -0.15) is 0 Å². The lowest BCUT2D eigenvalue weighted by Crippen LogP contribution is -2.35. The van der Waals surface area contributed by atoms with Crippen LogP contribution in [-0.2, 0) is 0 Å². The van der Waals surface area contributed by atoms with Crippen LogP contribution < -0.4 is 5.73 Å². The largest absolute Gasteiger partial charge is 0.394 e. The van der Waals surface area contributed by atoms with Gasteiger partial charge in [-0.3, -0.25) is 0 Å². The van der Waals surface area contributed by atoms with Crippen LogP contribution in [0.4, 0.5) is 0 Å². The number of aliphatic hydroxyl groups is 1. The summed E-state index contributed by atoms with van der Waals surface area (Å²) in [5.41, 5.74) is 4.88. The first-order chi connectivity index (χ1) is 9.62. The van der Waals surface area contributed by atoms with Gasteiger partial charge in [0.05, 0.1) is 6.61 Å². The van der Waals surface area contributed by atoms with Crippen LogP contribution in [0.3, 0.4) is 0 Å². The Hall–Kier alpha value is -0.120. The lowest BCUT2D eigenvalue weighted by molar-refractivity contribution is 0.221. The molecular formula is C18H44N2O. The van der Waals surface area contributed by atoms with E-state index in [0.717, 1.165) is 11.8 Å². The molecule has 0 aliphatic heterocycles. The molecule has 0 atom stereocenters. The predicted molar refractivity (Wildman–Crippen MR) is 97.7 cm³/mol. The molecule has 0 fully saturated rings. The summed E-state index contributed by atoms with van der Waals surface area (Å²) in [5, 5.41) is 8.28. The molecule has 0 amide bonds. The minimum Gasteiger partial charge on any atom is -0.394 e. The first kappa shape index (κ1) is 25.8. The molecule has 0 aromatic carbocycles. The van der Waals surface area contributed by atoms with Crippen LogP contribution in [0.2, 0.25) is 0 Å². The minimum atomic E-state index is -0.403. The Morgan fingerprint density at radius 3 is 1.67 bits per heavy atom. The van der Waals surface area contributed by atoms with Crippen LogP contribution in [0.25, 0.3) is 0 Å². The summed E-state index contributed by atoms with van der Waals surface area (Å²) in [5.74, 6) is 1.64. The van der Waals surface area contributed by atoms with Gasteiger partial charge in [0.25, 0.3) is 0 Å². The van der Waals surface area contributed by atoms with E-state index in [1.165, 1.54) is 32.5 Å². The molecule has 0 saturated carbocycles. The fourth-order valence-corrected chi connectivity index (χ4v) is 1.57. The molecule has 21 heavy (non-hydrogen) atoms. The Morgan fingerprint density at radius 2 is 1.43 bits per heavy atom. The number of rotatable bonds is 8. The summed E-state index contributed by atoms with van der Waals surface area (Å²) in [4.78, 5) is 2.60. The van der Waals surface area contributed by atoms with Crippen molar-refractivity contribution in [1.29, 1.82) is 0 Å². The highest BCUT2D eigenvalue weighted by atomic mass is 16.3. The van der Waals surface area contributed by atoms with Gasteiger partial charge < -0.3 is 15.7 Å². The molecule has 3 nitrogen and oxygen atoms in total. The molecule has 3 N–H and O–H groups in total. The predicted octanol–water partition coefficient (Wildman–Crippen LogP) is 4.14. The van der Waals surface area contributed by atoms with E-state index in [0.29, 0.717) is 0 Å².